The highest BCUT2D eigenvalue weighted by molar-refractivity contribution is 6.09. The molecule has 0 bridgehead atoms. The molecule has 102 valence electrons. The molecule has 1 amide bonds. The van der Waals surface area contributed by atoms with Crippen LogP contribution in [-0.2, 0) is 4.74 Å². The fraction of sp³-hybridized carbons (Fsp3) is 0.0714. The van der Waals surface area contributed by atoms with Crippen molar-refractivity contribution in [3.63, 3.8) is 0 Å². The van der Waals surface area contributed by atoms with E-state index in [1.165, 1.54) is 30.6 Å². The lowest BCUT2D eigenvalue weighted by molar-refractivity contribution is 0.0699. The summed E-state index contributed by atoms with van der Waals surface area (Å²) in [6, 6.07) is 4.56. The summed E-state index contributed by atoms with van der Waals surface area (Å²) in [5.41, 5.74) is 0.583. The number of rotatable bonds is 4. The molecule has 0 aliphatic carbocycles. The van der Waals surface area contributed by atoms with Crippen LogP contribution < -0.4 is 5.32 Å². The highest BCUT2D eigenvalue weighted by Gasteiger charge is 2.13. The molecule has 0 radical (unpaired) electrons. The number of benzene rings is 1. The largest absolute Gasteiger partial charge is 0.478 e. The SMILES string of the molecule is C=CCOC(=O)Nc1ccc(C(=O)O)c2cnccc12. The number of fused-ring (bicyclic) bond motifs is 1. The number of hydrogen-bond acceptors (Lipinski definition) is 4. The van der Waals surface area contributed by atoms with Crippen LogP contribution in [-0.4, -0.2) is 28.8 Å². The van der Waals surface area contributed by atoms with Gasteiger partial charge in [0.05, 0.1) is 11.3 Å². The maximum atomic E-state index is 11.5. The molecule has 20 heavy (non-hydrogen) atoms. The van der Waals surface area contributed by atoms with Crippen molar-refractivity contribution in [3.05, 3.63) is 48.8 Å². The molecular formula is C14H12N2O4. The number of nitrogens with one attached hydrogen (secondary N) is 1. The number of aromatic nitrogens is 1. The van der Waals surface area contributed by atoms with Gasteiger partial charge < -0.3 is 9.84 Å². The highest BCUT2D eigenvalue weighted by atomic mass is 16.5. The quantitative estimate of drug-likeness (QED) is 0.835. The Labute approximate surface area is 114 Å². The van der Waals surface area contributed by atoms with Crippen molar-refractivity contribution < 1.29 is 19.4 Å². The van der Waals surface area contributed by atoms with Gasteiger partial charge in [-0.05, 0) is 18.2 Å². The average molecular weight is 272 g/mol. The maximum absolute atomic E-state index is 11.5. The Morgan fingerprint density at radius 1 is 1.35 bits per heavy atom. The molecule has 6 heteroatoms. The minimum Gasteiger partial charge on any atom is -0.478 e. The number of carbonyl (C=O) groups is 2. The van der Waals surface area contributed by atoms with Crippen LogP contribution in [0.25, 0.3) is 10.8 Å². The van der Waals surface area contributed by atoms with Gasteiger partial charge in [-0.1, -0.05) is 12.7 Å². The average Bonchev–Trinajstić information content (AvgIpc) is 2.45. The van der Waals surface area contributed by atoms with E-state index in [-0.39, 0.29) is 12.2 Å². The molecule has 6 nitrogen and oxygen atoms in total. The molecule has 1 aromatic carbocycles. The molecule has 0 saturated carbocycles. The van der Waals surface area contributed by atoms with E-state index in [2.05, 4.69) is 16.9 Å². The van der Waals surface area contributed by atoms with Crippen LogP contribution in [0.2, 0.25) is 0 Å². The van der Waals surface area contributed by atoms with Gasteiger partial charge in [0.2, 0.25) is 0 Å². The number of ether oxygens (including phenoxy) is 1. The second-order valence-electron chi connectivity index (χ2n) is 3.90. The molecule has 0 atom stereocenters. The van der Waals surface area contributed by atoms with Crippen LogP contribution in [0, 0.1) is 0 Å². The van der Waals surface area contributed by atoms with Crippen molar-refractivity contribution in [2.45, 2.75) is 0 Å². The van der Waals surface area contributed by atoms with Crippen molar-refractivity contribution in [2.24, 2.45) is 0 Å². The van der Waals surface area contributed by atoms with E-state index in [1.54, 1.807) is 6.07 Å². The molecule has 0 fully saturated rings. The Bertz CT molecular complexity index is 682. The first-order valence-corrected chi connectivity index (χ1v) is 5.78. The molecule has 0 aliphatic rings. The van der Waals surface area contributed by atoms with Gasteiger partial charge in [-0.3, -0.25) is 10.3 Å². The van der Waals surface area contributed by atoms with E-state index in [9.17, 15) is 9.59 Å². The first-order chi connectivity index (χ1) is 9.63. The molecule has 0 aliphatic heterocycles. The third-order valence-electron chi connectivity index (χ3n) is 2.62. The van der Waals surface area contributed by atoms with E-state index < -0.39 is 12.1 Å². The van der Waals surface area contributed by atoms with Crippen molar-refractivity contribution in [1.82, 2.24) is 4.98 Å². The number of anilines is 1. The number of aromatic carboxylic acids is 1. The molecule has 2 aromatic rings. The molecule has 2 rings (SSSR count). The summed E-state index contributed by atoms with van der Waals surface area (Å²) in [6.45, 7) is 3.54. The molecule has 0 spiro atoms. The Morgan fingerprint density at radius 3 is 2.85 bits per heavy atom. The number of pyridine rings is 1. The summed E-state index contributed by atoms with van der Waals surface area (Å²) in [4.78, 5) is 26.6. The molecule has 1 aromatic heterocycles. The van der Waals surface area contributed by atoms with Crippen LogP contribution in [0.5, 0.6) is 0 Å². The summed E-state index contributed by atoms with van der Waals surface area (Å²) in [5, 5.41) is 12.7. The van der Waals surface area contributed by atoms with Crippen molar-refractivity contribution in [3.8, 4) is 0 Å². The van der Waals surface area contributed by atoms with Gasteiger partial charge >= 0.3 is 12.1 Å². The zero-order chi connectivity index (χ0) is 14.5. The van der Waals surface area contributed by atoms with Gasteiger partial charge in [-0.15, -0.1) is 0 Å². The fourth-order valence-electron chi connectivity index (χ4n) is 1.77. The maximum Gasteiger partial charge on any atom is 0.411 e. The highest BCUT2D eigenvalue weighted by Crippen LogP contribution is 2.26. The van der Waals surface area contributed by atoms with Gasteiger partial charge in [0.15, 0.2) is 0 Å². The molecule has 1 heterocycles. The van der Waals surface area contributed by atoms with E-state index in [1.807, 2.05) is 0 Å². The van der Waals surface area contributed by atoms with Gasteiger partial charge in [-0.2, -0.15) is 0 Å². The smallest absolute Gasteiger partial charge is 0.411 e. The lowest BCUT2D eigenvalue weighted by Gasteiger charge is -2.10. The summed E-state index contributed by atoms with van der Waals surface area (Å²) >= 11 is 0. The van der Waals surface area contributed by atoms with Crippen LogP contribution in [0.4, 0.5) is 10.5 Å². The van der Waals surface area contributed by atoms with Crippen molar-refractivity contribution in [2.75, 3.05) is 11.9 Å². The van der Waals surface area contributed by atoms with Gasteiger partial charge in [-0.25, -0.2) is 9.59 Å². The Balaban J connectivity index is 2.40. The van der Waals surface area contributed by atoms with Gasteiger partial charge in [0.1, 0.15) is 6.61 Å². The predicted octanol–water partition coefficient (Wildman–Crippen LogP) is 2.67. The van der Waals surface area contributed by atoms with E-state index in [4.69, 9.17) is 9.84 Å². The number of carbonyl (C=O) groups excluding carboxylic acids is 1. The van der Waals surface area contributed by atoms with Crippen LogP contribution >= 0.6 is 0 Å². The summed E-state index contributed by atoms with van der Waals surface area (Å²) in [5.74, 6) is -1.05. The summed E-state index contributed by atoms with van der Waals surface area (Å²) in [6.07, 6.45) is 3.79. The predicted molar refractivity (Wildman–Crippen MR) is 73.9 cm³/mol. The monoisotopic (exact) mass is 272 g/mol. The van der Waals surface area contributed by atoms with E-state index in [0.717, 1.165) is 0 Å². The molecule has 2 N–H and O–H groups in total. The van der Waals surface area contributed by atoms with Crippen LogP contribution in [0.1, 0.15) is 10.4 Å². The second kappa shape index (κ2) is 5.83. The normalized spacial score (nSPS) is 10.0. The summed E-state index contributed by atoms with van der Waals surface area (Å²) < 4.78 is 4.82. The Morgan fingerprint density at radius 2 is 2.15 bits per heavy atom. The topological polar surface area (TPSA) is 88.5 Å². The first-order valence-electron chi connectivity index (χ1n) is 5.78. The number of carboxylic acids is 1. The molecule has 0 saturated heterocycles. The number of amides is 1. The zero-order valence-electron chi connectivity index (χ0n) is 10.5. The zero-order valence-corrected chi connectivity index (χ0v) is 10.5. The molecular weight excluding hydrogens is 260 g/mol. The fourth-order valence-corrected chi connectivity index (χ4v) is 1.77. The van der Waals surface area contributed by atoms with Gasteiger partial charge in [0, 0.05) is 23.2 Å². The number of hydrogen-bond donors (Lipinski definition) is 2. The minimum absolute atomic E-state index is 0.0958. The lowest BCUT2D eigenvalue weighted by Crippen LogP contribution is -2.14. The Kier molecular flexibility index (Phi) is 3.95. The Hall–Kier alpha value is -2.89. The lowest BCUT2D eigenvalue weighted by atomic mass is 10.1. The first kappa shape index (κ1) is 13.5. The van der Waals surface area contributed by atoms with Crippen LogP contribution in [0.3, 0.4) is 0 Å². The number of nitrogens with zero attached hydrogens (tertiary/aromatic N) is 1. The van der Waals surface area contributed by atoms with E-state index >= 15 is 0 Å². The third-order valence-corrected chi connectivity index (χ3v) is 2.62. The molecule has 0 unspecified atom stereocenters. The van der Waals surface area contributed by atoms with Gasteiger partial charge in [0.25, 0.3) is 0 Å². The minimum atomic E-state index is -1.05. The third kappa shape index (κ3) is 2.74. The standard InChI is InChI=1S/C14H12N2O4/c1-2-7-20-14(19)16-12-4-3-10(13(17)18)11-8-15-6-5-9(11)12/h2-6,8H,1,7H2,(H,16,19)(H,17,18). The number of carboxylic acid groups (broad SMARTS) is 1. The second-order valence-corrected chi connectivity index (χ2v) is 3.90. The van der Waals surface area contributed by atoms with Crippen molar-refractivity contribution in [1.29, 1.82) is 0 Å². The van der Waals surface area contributed by atoms with Crippen molar-refractivity contribution >= 4 is 28.5 Å². The summed E-state index contributed by atoms with van der Waals surface area (Å²) in [7, 11) is 0. The van der Waals surface area contributed by atoms with Crippen LogP contribution in [0.15, 0.2) is 43.2 Å². The van der Waals surface area contributed by atoms with E-state index in [0.29, 0.717) is 16.5 Å².